The van der Waals surface area contributed by atoms with Gasteiger partial charge in [-0.15, -0.1) is 5.10 Å². The number of amides is 1. The number of carbonyl (C=O) groups excluding carboxylic acids is 1. The second kappa shape index (κ2) is 7.99. The number of aryl methyl sites for hydroxylation is 1. The molecule has 2 aromatic rings. The molecule has 134 valence electrons. The Morgan fingerprint density at radius 1 is 1.32 bits per heavy atom. The minimum atomic E-state index is -0.247. The lowest BCUT2D eigenvalue weighted by molar-refractivity contribution is -0.121. The van der Waals surface area contributed by atoms with Crippen LogP contribution in [0.5, 0.6) is 0 Å². The average molecular weight is 359 g/mol. The van der Waals surface area contributed by atoms with Crippen LogP contribution in [-0.2, 0) is 4.79 Å². The molecule has 1 heterocycles. The van der Waals surface area contributed by atoms with Gasteiger partial charge in [0.15, 0.2) is 0 Å². The molecular weight excluding hydrogens is 334 g/mol. The minimum absolute atomic E-state index is 0.0584. The van der Waals surface area contributed by atoms with E-state index in [0.29, 0.717) is 11.1 Å². The summed E-state index contributed by atoms with van der Waals surface area (Å²) in [7, 11) is 0. The highest BCUT2D eigenvalue weighted by Gasteiger charge is 2.26. The molecule has 0 aliphatic heterocycles. The molecule has 0 radical (unpaired) electrons. The van der Waals surface area contributed by atoms with E-state index >= 15 is 0 Å². The highest BCUT2D eigenvalue weighted by Crippen LogP contribution is 2.27. The Kier molecular flexibility index (Phi) is 5.73. The molecule has 1 fully saturated rings. The Labute approximate surface area is 152 Å². The van der Waals surface area contributed by atoms with Gasteiger partial charge in [0, 0.05) is 6.04 Å². The number of aromatic nitrogens is 4. The molecule has 3 rings (SSSR count). The van der Waals surface area contributed by atoms with E-state index in [1.807, 2.05) is 38.1 Å². The van der Waals surface area contributed by atoms with Gasteiger partial charge in [-0.05, 0) is 54.7 Å². The van der Waals surface area contributed by atoms with Crippen LogP contribution >= 0.6 is 11.8 Å². The minimum Gasteiger partial charge on any atom is -0.352 e. The van der Waals surface area contributed by atoms with Gasteiger partial charge in [0.1, 0.15) is 0 Å². The third-order valence-corrected chi connectivity index (χ3v) is 5.91. The van der Waals surface area contributed by atoms with E-state index in [1.165, 1.54) is 31.0 Å². The van der Waals surface area contributed by atoms with E-state index in [-0.39, 0.29) is 17.2 Å². The number of thioether (sulfide) groups is 1. The van der Waals surface area contributed by atoms with Crippen LogP contribution in [0, 0.1) is 12.8 Å². The monoisotopic (exact) mass is 359 g/mol. The lowest BCUT2D eigenvalue weighted by atomic mass is 9.86. The largest absolute Gasteiger partial charge is 0.352 e. The molecular formula is C18H25N5OS. The van der Waals surface area contributed by atoms with Crippen LogP contribution < -0.4 is 5.32 Å². The Hall–Kier alpha value is -1.89. The first-order valence-electron chi connectivity index (χ1n) is 8.87. The third kappa shape index (κ3) is 4.21. The zero-order chi connectivity index (χ0) is 17.8. The molecule has 1 aromatic heterocycles. The van der Waals surface area contributed by atoms with Crippen molar-refractivity contribution < 1.29 is 4.79 Å². The van der Waals surface area contributed by atoms with Crippen molar-refractivity contribution in [2.45, 2.75) is 62.9 Å². The molecule has 0 saturated heterocycles. The summed E-state index contributed by atoms with van der Waals surface area (Å²) in [6.45, 7) is 6.15. The van der Waals surface area contributed by atoms with Gasteiger partial charge in [-0.2, -0.15) is 4.68 Å². The van der Waals surface area contributed by atoms with Crippen molar-refractivity contribution in [3.8, 4) is 5.69 Å². The van der Waals surface area contributed by atoms with Crippen LogP contribution in [0.25, 0.3) is 5.69 Å². The quantitative estimate of drug-likeness (QED) is 0.830. The maximum Gasteiger partial charge on any atom is 0.233 e. The summed E-state index contributed by atoms with van der Waals surface area (Å²) in [4.78, 5) is 12.6. The van der Waals surface area contributed by atoms with Crippen molar-refractivity contribution in [1.82, 2.24) is 25.5 Å². The second-order valence-electron chi connectivity index (χ2n) is 6.80. The third-order valence-electron chi connectivity index (χ3n) is 4.88. The number of nitrogens with zero attached hydrogens (tertiary/aromatic N) is 4. The summed E-state index contributed by atoms with van der Waals surface area (Å²) >= 11 is 1.39. The standard InChI is InChI=1S/C18H25N5OS/c1-12-8-4-6-10-15(12)19-17(24)14(3)25-18-20-21-22-23(18)16-11-7-5-9-13(16)2/h5,7,9,11-12,14-15H,4,6,8,10H2,1-3H3,(H,19,24)/t12-,14+,15+/m0/s1. The van der Waals surface area contributed by atoms with E-state index in [2.05, 4.69) is 27.8 Å². The van der Waals surface area contributed by atoms with Gasteiger partial charge < -0.3 is 5.32 Å². The fraction of sp³-hybridized carbons (Fsp3) is 0.556. The summed E-state index contributed by atoms with van der Waals surface area (Å²) in [5.74, 6) is 0.607. The van der Waals surface area contributed by atoms with Crippen molar-refractivity contribution >= 4 is 17.7 Å². The predicted octanol–water partition coefficient (Wildman–Crippen LogP) is 3.15. The first-order chi connectivity index (χ1) is 12.1. The number of hydrogen-bond acceptors (Lipinski definition) is 5. The van der Waals surface area contributed by atoms with Crippen molar-refractivity contribution in [1.29, 1.82) is 0 Å². The van der Waals surface area contributed by atoms with Crippen LogP contribution in [0.2, 0.25) is 0 Å². The van der Waals surface area contributed by atoms with Gasteiger partial charge in [-0.1, -0.05) is 49.7 Å². The lowest BCUT2D eigenvalue weighted by Gasteiger charge is -2.30. The van der Waals surface area contributed by atoms with Crippen LogP contribution in [-0.4, -0.2) is 37.4 Å². The Morgan fingerprint density at radius 3 is 2.84 bits per heavy atom. The number of tetrazole rings is 1. The van der Waals surface area contributed by atoms with Crippen molar-refractivity contribution in [2.24, 2.45) is 5.92 Å². The van der Waals surface area contributed by atoms with E-state index in [1.54, 1.807) is 4.68 Å². The number of benzene rings is 1. The smallest absolute Gasteiger partial charge is 0.233 e. The van der Waals surface area contributed by atoms with Crippen molar-refractivity contribution in [3.63, 3.8) is 0 Å². The Balaban J connectivity index is 1.67. The van der Waals surface area contributed by atoms with Gasteiger partial charge in [0.05, 0.1) is 10.9 Å². The lowest BCUT2D eigenvalue weighted by Crippen LogP contribution is -2.44. The average Bonchev–Trinajstić information content (AvgIpc) is 3.05. The second-order valence-corrected chi connectivity index (χ2v) is 8.10. The Bertz CT molecular complexity index is 732. The molecule has 3 atom stereocenters. The molecule has 1 N–H and O–H groups in total. The summed E-state index contributed by atoms with van der Waals surface area (Å²) < 4.78 is 1.70. The fourth-order valence-corrected chi connectivity index (χ4v) is 4.06. The summed E-state index contributed by atoms with van der Waals surface area (Å²) in [5.41, 5.74) is 2.02. The zero-order valence-electron chi connectivity index (χ0n) is 15.0. The molecule has 1 saturated carbocycles. The summed E-state index contributed by atoms with van der Waals surface area (Å²) in [5, 5.41) is 15.6. The van der Waals surface area contributed by atoms with E-state index in [0.717, 1.165) is 17.7 Å². The van der Waals surface area contributed by atoms with E-state index in [9.17, 15) is 4.79 Å². The number of carbonyl (C=O) groups is 1. The van der Waals surface area contributed by atoms with Crippen LogP contribution in [0.15, 0.2) is 29.4 Å². The molecule has 25 heavy (non-hydrogen) atoms. The summed E-state index contributed by atoms with van der Waals surface area (Å²) in [6.07, 6.45) is 4.73. The number of hydrogen-bond donors (Lipinski definition) is 1. The number of para-hydroxylation sites is 1. The predicted molar refractivity (Wildman–Crippen MR) is 98.8 cm³/mol. The SMILES string of the molecule is Cc1ccccc1-n1nnnc1S[C@H](C)C(=O)N[C@@H]1CCCC[C@@H]1C. The highest BCUT2D eigenvalue weighted by molar-refractivity contribution is 8.00. The molecule has 0 unspecified atom stereocenters. The normalized spacial score (nSPS) is 21.7. The van der Waals surface area contributed by atoms with Gasteiger partial charge >= 0.3 is 0 Å². The van der Waals surface area contributed by atoms with Crippen molar-refractivity contribution in [3.05, 3.63) is 29.8 Å². The first kappa shape index (κ1) is 17.9. The van der Waals surface area contributed by atoms with Gasteiger partial charge in [-0.25, -0.2) is 0 Å². The molecule has 1 aliphatic carbocycles. The van der Waals surface area contributed by atoms with Gasteiger partial charge in [0.25, 0.3) is 0 Å². The molecule has 0 spiro atoms. The van der Waals surface area contributed by atoms with E-state index < -0.39 is 0 Å². The number of nitrogens with one attached hydrogen (secondary N) is 1. The number of rotatable bonds is 5. The van der Waals surface area contributed by atoms with Crippen LogP contribution in [0.3, 0.4) is 0 Å². The molecule has 7 heteroatoms. The van der Waals surface area contributed by atoms with Gasteiger partial charge in [-0.3, -0.25) is 4.79 Å². The van der Waals surface area contributed by atoms with Crippen LogP contribution in [0.4, 0.5) is 0 Å². The topological polar surface area (TPSA) is 72.7 Å². The molecule has 0 bridgehead atoms. The first-order valence-corrected chi connectivity index (χ1v) is 9.75. The van der Waals surface area contributed by atoms with Crippen molar-refractivity contribution in [2.75, 3.05) is 0 Å². The molecule has 1 aliphatic rings. The molecule has 6 nitrogen and oxygen atoms in total. The van der Waals surface area contributed by atoms with E-state index in [4.69, 9.17) is 0 Å². The summed E-state index contributed by atoms with van der Waals surface area (Å²) in [6, 6.07) is 8.23. The van der Waals surface area contributed by atoms with Crippen LogP contribution in [0.1, 0.15) is 45.1 Å². The fourth-order valence-electron chi connectivity index (χ4n) is 3.25. The molecule has 1 amide bonds. The zero-order valence-corrected chi connectivity index (χ0v) is 15.8. The Morgan fingerprint density at radius 2 is 2.08 bits per heavy atom. The highest BCUT2D eigenvalue weighted by atomic mass is 32.2. The maximum absolute atomic E-state index is 12.6. The maximum atomic E-state index is 12.6. The van der Waals surface area contributed by atoms with Gasteiger partial charge in [0.2, 0.25) is 11.1 Å². The molecule has 1 aromatic carbocycles.